The molecule has 5 nitrogen and oxygen atoms in total. The first-order valence-corrected chi connectivity index (χ1v) is 11.6. The molecule has 1 unspecified atom stereocenters. The van der Waals surface area contributed by atoms with Crippen LogP contribution in [0.25, 0.3) is 11.0 Å². The minimum atomic E-state index is -0.110. The van der Waals surface area contributed by atoms with Crippen LogP contribution in [0.3, 0.4) is 0 Å². The van der Waals surface area contributed by atoms with Gasteiger partial charge in [-0.05, 0) is 62.2 Å². The molecule has 1 aliphatic heterocycles. The predicted octanol–water partition coefficient (Wildman–Crippen LogP) is 4.69. The average Bonchev–Trinajstić information content (AvgIpc) is 2.77. The van der Waals surface area contributed by atoms with Gasteiger partial charge in [0, 0.05) is 15.8 Å². The molecule has 7 heteroatoms. The maximum Gasteiger partial charge on any atom is 0.122 e. The summed E-state index contributed by atoms with van der Waals surface area (Å²) in [6.45, 7) is 2.02. The quantitative estimate of drug-likeness (QED) is 0.506. The van der Waals surface area contributed by atoms with Crippen molar-refractivity contribution in [1.82, 2.24) is 15.3 Å². The number of hydrogen-bond acceptors (Lipinski definition) is 6. The van der Waals surface area contributed by atoms with Crippen LogP contribution < -0.4 is 15.8 Å². The molecule has 2 heterocycles. The van der Waals surface area contributed by atoms with Gasteiger partial charge in [0.15, 0.2) is 0 Å². The van der Waals surface area contributed by atoms with E-state index in [2.05, 4.69) is 27.3 Å². The molecule has 3 aromatic rings. The molecule has 1 aromatic heterocycles. The summed E-state index contributed by atoms with van der Waals surface area (Å²) < 4.78 is 6.56. The van der Waals surface area contributed by atoms with Gasteiger partial charge in [-0.15, -0.1) is 0 Å². The van der Waals surface area contributed by atoms with E-state index in [1.807, 2.05) is 36.4 Å². The third kappa shape index (κ3) is 4.74. The van der Waals surface area contributed by atoms with Crippen molar-refractivity contribution in [2.24, 2.45) is 11.7 Å². The lowest BCUT2D eigenvalue weighted by Crippen LogP contribution is -2.34. The van der Waals surface area contributed by atoms with Crippen molar-refractivity contribution in [3.05, 3.63) is 58.2 Å². The summed E-state index contributed by atoms with van der Waals surface area (Å²) in [7, 11) is 1.70. The molecular formula is C22H25BrN4OS. The molecule has 1 saturated heterocycles. The zero-order valence-corrected chi connectivity index (χ0v) is 18.8. The van der Waals surface area contributed by atoms with Gasteiger partial charge in [0.2, 0.25) is 0 Å². The van der Waals surface area contributed by atoms with Crippen molar-refractivity contribution in [2.45, 2.75) is 29.7 Å². The fourth-order valence-corrected chi connectivity index (χ4v) is 5.17. The molecule has 1 atom stereocenters. The largest absolute Gasteiger partial charge is 0.496 e. The molecule has 2 aromatic carbocycles. The summed E-state index contributed by atoms with van der Waals surface area (Å²) >= 11 is 5.23. The van der Waals surface area contributed by atoms with Crippen LogP contribution in [0, 0.1) is 5.92 Å². The van der Waals surface area contributed by atoms with Gasteiger partial charge in [-0.2, -0.15) is 0 Å². The standard InChI is InChI=1S/C22H25BrN4OS/c1-28-19-7-6-16(23)12-15(19)13-29-22-21(20(24)14-8-10-25-11-9-14)26-17-4-2-3-5-18(17)27-22/h2-7,12,14,20,25H,8-11,13,24H2,1H3. The number of fused-ring (bicyclic) bond motifs is 1. The minimum absolute atomic E-state index is 0.110. The summed E-state index contributed by atoms with van der Waals surface area (Å²) in [6, 6.07) is 14.0. The summed E-state index contributed by atoms with van der Waals surface area (Å²) in [5, 5.41) is 4.33. The van der Waals surface area contributed by atoms with Crippen LogP contribution in [0.2, 0.25) is 0 Å². The Balaban J connectivity index is 1.67. The highest BCUT2D eigenvalue weighted by molar-refractivity contribution is 9.10. The number of piperidine rings is 1. The highest BCUT2D eigenvalue weighted by Gasteiger charge is 2.26. The Bertz CT molecular complexity index is 994. The van der Waals surface area contributed by atoms with Crippen molar-refractivity contribution in [2.75, 3.05) is 20.2 Å². The van der Waals surface area contributed by atoms with Crippen LogP contribution in [-0.4, -0.2) is 30.2 Å². The lowest BCUT2D eigenvalue weighted by molar-refractivity contribution is 0.315. The topological polar surface area (TPSA) is 73.1 Å². The number of ether oxygens (including phenoxy) is 1. The molecule has 1 fully saturated rings. The minimum Gasteiger partial charge on any atom is -0.496 e. The van der Waals surface area contributed by atoms with E-state index in [1.165, 1.54) is 0 Å². The molecule has 0 spiro atoms. The lowest BCUT2D eigenvalue weighted by Gasteiger charge is -2.28. The van der Waals surface area contributed by atoms with E-state index < -0.39 is 0 Å². The van der Waals surface area contributed by atoms with Crippen LogP contribution in [0.5, 0.6) is 5.75 Å². The average molecular weight is 473 g/mol. The highest BCUT2D eigenvalue weighted by atomic mass is 79.9. The van der Waals surface area contributed by atoms with Gasteiger partial charge in [0.1, 0.15) is 10.8 Å². The second-order valence-corrected chi connectivity index (χ2v) is 9.14. The Hall–Kier alpha value is -1.67. The number of nitrogens with two attached hydrogens (primary N) is 1. The van der Waals surface area contributed by atoms with Crippen LogP contribution >= 0.6 is 27.7 Å². The Morgan fingerprint density at radius 1 is 1.17 bits per heavy atom. The summed E-state index contributed by atoms with van der Waals surface area (Å²) in [5.41, 5.74) is 10.6. The van der Waals surface area contributed by atoms with Gasteiger partial charge in [0.25, 0.3) is 0 Å². The normalized spacial score (nSPS) is 16.1. The monoisotopic (exact) mass is 472 g/mol. The molecule has 0 saturated carbocycles. The number of thioether (sulfide) groups is 1. The summed E-state index contributed by atoms with van der Waals surface area (Å²) in [6.07, 6.45) is 2.14. The van der Waals surface area contributed by atoms with Crippen LogP contribution in [-0.2, 0) is 5.75 Å². The number of hydrogen-bond donors (Lipinski definition) is 2. The van der Waals surface area contributed by atoms with E-state index in [-0.39, 0.29) is 6.04 Å². The van der Waals surface area contributed by atoms with Crippen LogP contribution in [0.1, 0.15) is 30.1 Å². The van der Waals surface area contributed by atoms with Gasteiger partial charge in [0.05, 0.1) is 29.9 Å². The number of benzene rings is 2. The van der Waals surface area contributed by atoms with Gasteiger partial charge < -0.3 is 15.8 Å². The molecule has 4 rings (SSSR count). The van der Waals surface area contributed by atoms with Crippen molar-refractivity contribution in [3.8, 4) is 5.75 Å². The maximum atomic E-state index is 6.73. The number of halogens is 1. The zero-order valence-electron chi connectivity index (χ0n) is 16.4. The first-order chi connectivity index (χ1) is 14.2. The molecule has 0 amide bonds. The smallest absolute Gasteiger partial charge is 0.122 e. The maximum absolute atomic E-state index is 6.73. The van der Waals surface area contributed by atoms with Crippen LogP contribution in [0.15, 0.2) is 52.0 Å². The number of para-hydroxylation sites is 2. The number of methoxy groups -OCH3 is 1. The van der Waals surface area contributed by atoms with Gasteiger partial charge in [-0.1, -0.05) is 39.8 Å². The van der Waals surface area contributed by atoms with Crippen molar-refractivity contribution < 1.29 is 4.74 Å². The summed E-state index contributed by atoms with van der Waals surface area (Å²) in [5.74, 6) is 2.03. The molecule has 1 aliphatic rings. The van der Waals surface area contributed by atoms with Crippen molar-refractivity contribution in [1.29, 1.82) is 0 Å². The number of nitrogens with one attached hydrogen (secondary N) is 1. The van der Waals surface area contributed by atoms with E-state index in [9.17, 15) is 0 Å². The van der Waals surface area contributed by atoms with E-state index in [0.717, 1.165) is 69.2 Å². The van der Waals surface area contributed by atoms with E-state index >= 15 is 0 Å². The Kier molecular flexibility index (Phi) is 6.70. The molecule has 29 heavy (non-hydrogen) atoms. The second kappa shape index (κ2) is 9.43. The predicted molar refractivity (Wildman–Crippen MR) is 122 cm³/mol. The first kappa shape index (κ1) is 20.6. The Labute approximate surface area is 184 Å². The molecule has 3 N–H and O–H groups in total. The fraction of sp³-hybridized carbons (Fsp3) is 0.364. The van der Waals surface area contributed by atoms with Crippen molar-refractivity contribution in [3.63, 3.8) is 0 Å². The highest BCUT2D eigenvalue weighted by Crippen LogP contribution is 2.35. The van der Waals surface area contributed by atoms with Gasteiger partial charge in [-0.3, -0.25) is 0 Å². The molecule has 0 radical (unpaired) electrons. The molecule has 0 bridgehead atoms. The molecular weight excluding hydrogens is 448 g/mol. The lowest BCUT2D eigenvalue weighted by atomic mass is 9.89. The second-order valence-electron chi connectivity index (χ2n) is 7.26. The SMILES string of the molecule is COc1ccc(Br)cc1CSc1nc2ccccc2nc1C(N)C1CCNCC1. The first-order valence-electron chi connectivity index (χ1n) is 9.84. The molecule has 152 valence electrons. The number of rotatable bonds is 6. The third-order valence-electron chi connectivity index (χ3n) is 5.38. The van der Waals surface area contributed by atoms with Gasteiger partial charge >= 0.3 is 0 Å². The number of aromatic nitrogens is 2. The van der Waals surface area contributed by atoms with E-state index in [4.69, 9.17) is 20.4 Å². The van der Waals surface area contributed by atoms with Crippen molar-refractivity contribution >= 4 is 38.7 Å². The zero-order chi connectivity index (χ0) is 20.2. The van der Waals surface area contributed by atoms with Gasteiger partial charge in [-0.25, -0.2) is 9.97 Å². The Morgan fingerprint density at radius 2 is 1.90 bits per heavy atom. The molecule has 0 aliphatic carbocycles. The van der Waals surface area contributed by atoms with E-state index in [0.29, 0.717) is 5.92 Å². The summed E-state index contributed by atoms with van der Waals surface area (Å²) in [4.78, 5) is 9.89. The van der Waals surface area contributed by atoms with Crippen LogP contribution in [0.4, 0.5) is 0 Å². The number of nitrogens with zero attached hydrogens (tertiary/aromatic N) is 2. The Morgan fingerprint density at radius 3 is 2.62 bits per heavy atom. The third-order valence-corrected chi connectivity index (χ3v) is 6.90. The van der Waals surface area contributed by atoms with E-state index in [1.54, 1.807) is 18.9 Å². The fourth-order valence-electron chi connectivity index (χ4n) is 3.75.